The third-order valence-corrected chi connectivity index (χ3v) is 1.88. The van der Waals surface area contributed by atoms with Crippen LogP contribution in [-0.4, -0.2) is 5.11 Å². The summed E-state index contributed by atoms with van der Waals surface area (Å²) in [6, 6.07) is 6.06. The Morgan fingerprint density at radius 2 is 2.14 bits per heavy atom. The van der Waals surface area contributed by atoms with E-state index >= 15 is 0 Å². The van der Waals surface area contributed by atoms with E-state index in [9.17, 15) is 4.79 Å². The Labute approximate surface area is 79.6 Å². The second kappa shape index (κ2) is 2.93. The van der Waals surface area contributed by atoms with Gasteiger partial charge in [0.2, 0.25) is 0 Å². The smallest absolute Gasteiger partial charge is 0.352 e. The lowest BCUT2D eigenvalue weighted by Crippen LogP contribution is -2.02. The first-order valence-electron chi connectivity index (χ1n) is 3.94. The number of fused-ring (bicyclic) bond motifs is 1. The number of rotatable bonds is 0. The van der Waals surface area contributed by atoms with Gasteiger partial charge in [-0.25, -0.2) is 4.79 Å². The highest BCUT2D eigenvalue weighted by atomic mass is 16.4. The SMILES string of the molecule is C#Cc1cc2ccc(O)cc2oc1=O. The van der Waals surface area contributed by atoms with Crippen molar-refractivity contribution < 1.29 is 9.52 Å². The molecular weight excluding hydrogens is 180 g/mol. The topological polar surface area (TPSA) is 50.4 Å². The molecule has 0 aliphatic carbocycles. The second-order valence-electron chi connectivity index (χ2n) is 2.81. The molecule has 14 heavy (non-hydrogen) atoms. The number of terminal acetylenes is 1. The summed E-state index contributed by atoms with van der Waals surface area (Å²) in [7, 11) is 0. The van der Waals surface area contributed by atoms with Gasteiger partial charge in [0, 0.05) is 11.5 Å². The molecule has 0 saturated heterocycles. The lowest BCUT2D eigenvalue weighted by atomic mass is 10.2. The standard InChI is InChI=1S/C11H6O3/c1-2-7-5-8-3-4-9(12)6-10(8)14-11(7)13/h1,3-6,12H. The first kappa shape index (κ1) is 8.39. The first-order valence-corrected chi connectivity index (χ1v) is 3.94. The van der Waals surface area contributed by atoms with Crippen LogP contribution in [0.5, 0.6) is 5.75 Å². The summed E-state index contributed by atoms with van der Waals surface area (Å²) in [5.74, 6) is 2.28. The first-order chi connectivity index (χ1) is 6.70. The molecular formula is C11H6O3. The van der Waals surface area contributed by atoms with Gasteiger partial charge in [-0.05, 0) is 18.2 Å². The summed E-state index contributed by atoms with van der Waals surface area (Å²) in [6.07, 6.45) is 5.11. The van der Waals surface area contributed by atoms with Crippen LogP contribution in [0.25, 0.3) is 11.0 Å². The minimum atomic E-state index is -0.564. The Hall–Kier alpha value is -2.21. The van der Waals surface area contributed by atoms with Gasteiger partial charge in [-0.15, -0.1) is 6.42 Å². The highest BCUT2D eigenvalue weighted by molar-refractivity contribution is 5.79. The summed E-state index contributed by atoms with van der Waals surface area (Å²) in [4.78, 5) is 11.2. The van der Waals surface area contributed by atoms with Crippen LogP contribution in [0.15, 0.2) is 33.5 Å². The maximum Gasteiger partial charge on any atom is 0.352 e. The summed E-state index contributed by atoms with van der Waals surface area (Å²) in [5, 5.41) is 9.84. The molecule has 1 N–H and O–H groups in total. The van der Waals surface area contributed by atoms with Gasteiger partial charge in [0.1, 0.15) is 16.9 Å². The molecule has 0 bridgehead atoms. The summed E-state index contributed by atoms with van der Waals surface area (Å²) in [5.41, 5.74) is -0.0530. The molecule has 2 aromatic rings. The largest absolute Gasteiger partial charge is 0.508 e. The maximum absolute atomic E-state index is 11.2. The normalized spacial score (nSPS) is 9.93. The lowest BCUT2D eigenvalue weighted by molar-refractivity contribution is 0.473. The zero-order valence-electron chi connectivity index (χ0n) is 7.15. The number of aromatic hydroxyl groups is 1. The molecule has 0 spiro atoms. The summed E-state index contributed by atoms with van der Waals surface area (Å²) >= 11 is 0. The van der Waals surface area contributed by atoms with Gasteiger partial charge < -0.3 is 9.52 Å². The van der Waals surface area contributed by atoms with Crippen LogP contribution < -0.4 is 5.63 Å². The van der Waals surface area contributed by atoms with E-state index in [2.05, 4.69) is 5.92 Å². The molecule has 68 valence electrons. The van der Waals surface area contributed by atoms with Crippen molar-refractivity contribution >= 4 is 11.0 Å². The molecule has 0 radical (unpaired) electrons. The third kappa shape index (κ3) is 1.23. The molecule has 0 fully saturated rings. The third-order valence-electron chi connectivity index (χ3n) is 1.88. The Morgan fingerprint density at radius 3 is 2.86 bits per heavy atom. The van der Waals surface area contributed by atoms with E-state index in [-0.39, 0.29) is 11.3 Å². The molecule has 0 aliphatic heterocycles. The highest BCUT2D eigenvalue weighted by Crippen LogP contribution is 2.18. The Kier molecular flexibility index (Phi) is 1.76. The molecule has 1 heterocycles. The fraction of sp³-hybridized carbons (Fsp3) is 0. The van der Waals surface area contributed by atoms with Gasteiger partial charge in [0.25, 0.3) is 0 Å². The van der Waals surface area contributed by atoms with Crippen LogP contribution >= 0.6 is 0 Å². The van der Waals surface area contributed by atoms with Gasteiger partial charge in [-0.2, -0.15) is 0 Å². The molecule has 3 heteroatoms. The van der Waals surface area contributed by atoms with Gasteiger partial charge in [-0.1, -0.05) is 5.92 Å². The molecule has 2 rings (SSSR count). The predicted octanol–water partition coefficient (Wildman–Crippen LogP) is 1.48. The van der Waals surface area contributed by atoms with E-state index in [4.69, 9.17) is 15.9 Å². The number of benzene rings is 1. The highest BCUT2D eigenvalue weighted by Gasteiger charge is 2.02. The van der Waals surface area contributed by atoms with E-state index in [0.717, 1.165) is 0 Å². The van der Waals surface area contributed by atoms with Crippen molar-refractivity contribution in [2.45, 2.75) is 0 Å². The Morgan fingerprint density at radius 1 is 1.36 bits per heavy atom. The molecule has 1 aromatic carbocycles. The molecule has 3 nitrogen and oxygen atoms in total. The van der Waals surface area contributed by atoms with E-state index in [1.54, 1.807) is 12.1 Å². The fourth-order valence-electron chi connectivity index (χ4n) is 1.20. The second-order valence-corrected chi connectivity index (χ2v) is 2.81. The molecule has 0 saturated carbocycles. The molecule has 1 aromatic heterocycles. The van der Waals surface area contributed by atoms with E-state index in [1.807, 2.05) is 0 Å². The predicted molar refractivity (Wildman–Crippen MR) is 52.1 cm³/mol. The monoisotopic (exact) mass is 186 g/mol. The van der Waals surface area contributed by atoms with E-state index in [1.165, 1.54) is 12.1 Å². The Balaban J connectivity index is 2.88. The van der Waals surface area contributed by atoms with Crippen molar-refractivity contribution in [3.8, 4) is 18.1 Å². The number of hydrogen-bond acceptors (Lipinski definition) is 3. The average molecular weight is 186 g/mol. The van der Waals surface area contributed by atoms with Crippen LogP contribution in [0.4, 0.5) is 0 Å². The minimum absolute atomic E-state index is 0.0501. The van der Waals surface area contributed by atoms with Crippen LogP contribution in [0.3, 0.4) is 0 Å². The van der Waals surface area contributed by atoms with Gasteiger partial charge in [0.05, 0.1) is 0 Å². The van der Waals surface area contributed by atoms with Crippen LogP contribution in [0.2, 0.25) is 0 Å². The fourth-order valence-corrected chi connectivity index (χ4v) is 1.20. The van der Waals surface area contributed by atoms with Gasteiger partial charge in [0.15, 0.2) is 0 Å². The van der Waals surface area contributed by atoms with E-state index in [0.29, 0.717) is 11.0 Å². The van der Waals surface area contributed by atoms with Crippen molar-refractivity contribution in [3.63, 3.8) is 0 Å². The van der Waals surface area contributed by atoms with E-state index < -0.39 is 5.63 Å². The molecule has 0 atom stereocenters. The zero-order chi connectivity index (χ0) is 10.1. The Bertz CT molecular complexity index is 587. The molecule has 0 aliphatic rings. The van der Waals surface area contributed by atoms with Crippen molar-refractivity contribution in [3.05, 3.63) is 40.2 Å². The summed E-state index contributed by atoms with van der Waals surface area (Å²) < 4.78 is 4.91. The van der Waals surface area contributed by atoms with Crippen LogP contribution in [0.1, 0.15) is 5.56 Å². The zero-order valence-corrected chi connectivity index (χ0v) is 7.15. The maximum atomic E-state index is 11.2. The quantitative estimate of drug-likeness (QED) is 0.500. The van der Waals surface area contributed by atoms with Crippen LogP contribution in [0, 0.1) is 12.3 Å². The van der Waals surface area contributed by atoms with Gasteiger partial charge >= 0.3 is 5.63 Å². The van der Waals surface area contributed by atoms with Crippen molar-refractivity contribution in [2.24, 2.45) is 0 Å². The lowest BCUT2D eigenvalue weighted by Gasteiger charge is -1.97. The number of phenolic OH excluding ortho intramolecular Hbond substituents is 1. The van der Waals surface area contributed by atoms with Crippen LogP contribution in [-0.2, 0) is 0 Å². The van der Waals surface area contributed by atoms with Crippen molar-refractivity contribution in [2.75, 3.05) is 0 Å². The number of phenols is 1. The van der Waals surface area contributed by atoms with Gasteiger partial charge in [-0.3, -0.25) is 0 Å². The van der Waals surface area contributed by atoms with Crippen molar-refractivity contribution in [1.82, 2.24) is 0 Å². The average Bonchev–Trinajstić information content (AvgIpc) is 2.16. The van der Waals surface area contributed by atoms with Crippen molar-refractivity contribution in [1.29, 1.82) is 0 Å². The number of hydrogen-bond donors (Lipinski definition) is 1. The summed E-state index contributed by atoms with van der Waals surface area (Å²) in [6.45, 7) is 0. The minimum Gasteiger partial charge on any atom is -0.508 e. The molecule has 0 unspecified atom stereocenters. The molecule has 0 amide bonds.